The number of benzene rings is 2. The molecule has 4 aromatic rings. The number of nitrogens with one attached hydrogen (secondary N) is 2. The Hall–Kier alpha value is -4.07. The number of fused-ring (bicyclic) bond motifs is 1. The molecular weight excluding hydrogens is 430 g/mol. The van der Waals surface area contributed by atoms with Gasteiger partial charge in [-0.3, -0.25) is 0 Å². The number of imidazole rings is 1. The van der Waals surface area contributed by atoms with E-state index in [1.807, 2.05) is 66.7 Å². The topological polar surface area (TPSA) is 103 Å². The number of carboxylic acid groups (broad SMARTS) is 1. The van der Waals surface area contributed by atoms with E-state index in [0.29, 0.717) is 31.2 Å². The molecule has 2 aromatic heterocycles. The third-order valence-corrected chi connectivity index (χ3v) is 6.11. The van der Waals surface area contributed by atoms with E-state index in [1.165, 1.54) is 4.90 Å². The standard InChI is InChI=1S/C26H27N5O3/c32-26(33)31-15-5-4-8-20(31)16-27-23-14-13-22-25(29-23)30-24(28-22)19-9-11-21(12-10-19)34-17-18-6-2-1-3-7-18/h1-3,6-7,9-14,20H,4-5,8,15-17H2,(H,32,33)(H2,27,28,29,30). The summed E-state index contributed by atoms with van der Waals surface area (Å²) >= 11 is 0. The monoisotopic (exact) mass is 457 g/mol. The van der Waals surface area contributed by atoms with E-state index in [9.17, 15) is 9.90 Å². The number of aromatic amines is 1. The van der Waals surface area contributed by atoms with Gasteiger partial charge in [0.15, 0.2) is 5.65 Å². The number of piperidine rings is 1. The second-order valence-corrected chi connectivity index (χ2v) is 8.46. The first-order valence-corrected chi connectivity index (χ1v) is 11.5. The summed E-state index contributed by atoms with van der Waals surface area (Å²) in [7, 11) is 0. The molecule has 1 fully saturated rings. The molecule has 3 heterocycles. The van der Waals surface area contributed by atoms with Crippen LogP contribution in [-0.2, 0) is 6.61 Å². The van der Waals surface area contributed by atoms with Crippen molar-refractivity contribution in [3.05, 3.63) is 72.3 Å². The normalized spacial score (nSPS) is 15.9. The maximum Gasteiger partial charge on any atom is 0.407 e. The fourth-order valence-electron chi connectivity index (χ4n) is 4.26. The van der Waals surface area contributed by atoms with Crippen LogP contribution in [0.5, 0.6) is 5.75 Å². The lowest BCUT2D eigenvalue weighted by Gasteiger charge is -2.33. The summed E-state index contributed by atoms with van der Waals surface area (Å²) in [5.74, 6) is 2.22. The fourth-order valence-corrected chi connectivity index (χ4v) is 4.26. The van der Waals surface area contributed by atoms with Crippen LogP contribution in [0.2, 0.25) is 0 Å². The molecule has 8 heteroatoms. The molecule has 0 radical (unpaired) electrons. The molecule has 1 unspecified atom stereocenters. The number of aromatic nitrogens is 3. The SMILES string of the molecule is O=C(O)N1CCCCC1CNc1ccc2[nH]c(-c3ccc(OCc4ccccc4)cc3)nc2n1. The quantitative estimate of drug-likeness (QED) is 0.355. The Morgan fingerprint density at radius 3 is 2.68 bits per heavy atom. The number of nitrogens with zero attached hydrogens (tertiary/aromatic N) is 3. The van der Waals surface area contributed by atoms with Gasteiger partial charge in [0.2, 0.25) is 0 Å². The molecule has 1 saturated heterocycles. The van der Waals surface area contributed by atoms with Gasteiger partial charge in [-0.25, -0.2) is 14.8 Å². The highest BCUT2D eigenvalue weighted by molar-refractivity contribution is 5.77. The lowest BCUT2D eigenvalue weighted by molar-refractivity contribution is 0.110. The Labute approximate surface area is 197 Å². The Morgan fingerprint density at radius 2 is 1.88 bits per heavy atom. The van der Waals surface area contributed by atoms with E-state index in [4.69, 9.17) is 4.74 Å². The number of rotatable bonds is 7. The molecule has 2 aromatic carbocycles. The molecule has 1 aliphatic heterocycles. The van der Waals surface area contributed by atoms with Crippen molar-refractivity contribution in [1.29, 1.82) is 0 Å². The van der Waals surface area contributed by atoms with Crippen molar-refractivity contribution in [2.45, 2.75) is 31.9 Å². The molecule has 1 amide bonds. The number of carbonyl (C=O) groups is 1. The number of amides is 1. The average Bonchev–Trinajstić information content (AvgIpc) is 3.31. The van der Waals surface area contributed by atoms with Crippen LogP contribution in [0.3, 0.4) is 0 Å². The minimum Gasteiger partial charge on any atom is -0.489 e. The highest BCUT2D eigenvalue weighted by atomic mass is 16.5. The largest absolute Gasteiger partial charge is 0.489 e. The number of hydrogen-bond donors (Lipinski definition) is 3. The van der Waals surface area contributed by atoms with Crippen molar-refractivity contribution in [2.75, 3.05) is 18.4 Å². The second-order valence-electron chi connectivity index (χ2n) is 8.46. The Kier molecular flexibility index (Phi) is 6.29. The van der Waals surface area contributed by atoms with E-state index in [1.54, 1.807) is 0 Å². The lowest BCUT2D eigenvalue weighted by atomic mass is 10.0. The number of pyridine rings is 1. The summed E-state index contributed by atoms with van der Waals surface area (Å²) < 4.78 is 5.87. The van der Waals surface area contributed by atoms with E-state index in [2.05, 4.69) is 20.3 Å². The molecule has 0 spiro atoms. The summed E-state index contributed by atoms with van der Waals surface area (Å²) in [4.78, 5) is 25.6. The molecule has 0 bridgehead atoms. The van der Waals surface area contributed by atoms with Crippen LogP contribution in [0, 0.1) is 0 Å². The molecule has 174 valence electrons. The summed E-state index contributed by atoms with van der Waals surface area (Å²) in [5.41, 5.74) is 3.52. The summed E-state index contributed by atoms with van der Waals surface area (Å²) in [5, 5.41) is 12.7. The molecule has 34 heavy (non-hydrogen) atoms. The van der Waals surface area contributed by atoms with E-state index >= 15 is 0 Å². The second kappa shape index (κ2) is 9.82. The van der Waals surface area contributed by atoms with Crippen LogP contribution in [0.15, 0.2) is 66.7 Å². The van der Waals surface area contributed by atoms with Crippen LogP contribution < -0.4 is 10.1 Å². The zero-order chi connectivity index (χ0) is 23.3. The summed E-state index contributed by atoms with van der Waals surface area (Å²) in [6.07, 6.45) is 1.97. The number of H-pyrrole nitrogens is 1. The molecule has 8 nitrogen and oxygen atoms in total. The Morgan fingerprint density at radius 1 is 1.06 bits per heavy atom. The van der Waals surface area contributed by atoms with Gasteiger partial charge in [0, 0.05) is 18.7 Å². The molecule has 1 aliphatic rings. The molecule has 3 N–H and O–H groups in total. The van der Waals surface area contributed by atoms with Crippen molar-refractivity contribution in [3.8, 4) is 17.1 Å². The van der Waals surface area contributed by atoms with Crippen LogP contribution in [0.25, 0.3) is 22.6 Å². The predicted molar refractivity (Wildman–Crippen MR) is 131 cm³/mol. The van der Waals surface area contributed by atoms with E-state index in [-0.39, 0.29) is 6.04 Å². The van der Waals surface area contributed by atoms with Crippen LogP contribution in [-0.4, -0.2) is 50.2 Å². The van der Waals surface area contributed by atoms with Gasteiger partial charge in [-0.2, -0.15) is 0 Å². The number of likely N-dealkylation sites (tertiary alicyclic amines) is 1. The van der Waals surface area contributed by atoms with Gasteiger partial charge in [0.05, 0.1) is 11.6 Å². The maximum atomic E-state index is 11.5. The van der Waals surface area contributed by atoms with Crippen molar-refractivity contribution in [2.24, 2.45) is 0 Å². The summed E-state index contributed by atoms with van der Waals surface area (Å²) in [6, 6.07) is 21.7. The molecule has 0 aliphatic carbocycles. The van der Waals surface area contributed by atoms with Gasteiger partial charge >= 0.3 is 6.09 Å². The third kappa shape index (κ3) is 4.96. The third-order valence-electron chi connectivity index (χ3n) is 6.11. The highest BCUT2D eigenvalue weighted by Crippen LogP contribution is 2.24. The molecule has 0 saturated carbocycles. The molecule has 1 atom stereocenters. The van der Waals surface area contributed by atoms with Crippen molar-refractivity contribution in [1.82, 2.24) is 19.9 Å². The van der Waals surface area contributed by atoms with Gasteiger partial charge in [-0.1, -0.05) is 30.3 Å². The Bertz CT molecular complexity index is 1260. The van der Waals surface area contributed by atoms with Crippen LogP contribution in [0.4, 0.5) is 10.6 Å². The van der Waals surface area contributed by atoms with Crippen molar-refractivity contribution >= 4 is 23.1 Å². The maximum absolute atomic E-state index is 11.5. The minimum absolute atomic E-state index is 0.0406. The van der Waals surface area contributed by atoms with Gasteiger partial charge in [0.25, 0.3) is 0 Å². The molecular formula is C26H27N5O3. The molecule has 5 rings (SSSR count). The number of ether oxygens (including phenoxy) is 1. The highest BCUT2D eigenvalue weighted by Gasteiger charge is 2.26. The smallest absolute Gasteiger partial charge is 0.407 e. The van der Waals surface area contributed by atoms with Gasteiger partial charge in [-0.15, -0.1) is 0 Å². The first kappa shape index (κ1) is 21.8. The Balaban J connectivity index is 1.24. The van der Waals surface area contributed by atoms with E-state index < -0.39 is 6.09 Å². The predicted octanol–water partition coefficient (Wildman–Crippen LogP) is 5.15. The average molecular weight is 458 g/mol. The van der Waals surface area contributed by atoms with Gasteiger partial charge in [0.1, 0.15) is 24.0 Å². The first-order chi connectivity index (χ1) is 16.7. The van der Waals surface area contributed by atoms with Crippen molar-refractivity contribution in [3.63, 3.8) is 0 Å². The van der Waals surface area contributed by atoms with Gasteiger partial charge < -0.3 is 25.0 Å². The lowest BCUT2D eigenvalue weighted by Crippen LogP contribution is -2.46. The first-order valence-electron chi connectivity index (χ1n) is 11.5. The fraction of sp³-hybridized carbons (Fsp3) is 0.269. The summed E-state index contributed by atoms with van der Waals surface area (Å²) in [6.45, 7) is 1.65. The minimum atomic E-state index is -0.858. The number of hydrogen-bond acceptors (Lipinski definition) is 5. The van der Waals surface area contributed by atoms with Crippen LogP contribution in [0.1, 0.15) is 24.8 Å². The van der Waals surface area contributed by atoms with Crippen molar-refractivity contribution < 1.29 is 14.6 Å². The number of anilines is 1. The zero-order valence-corrected chi connectivity index (χ0v) is 18.8. The van der Waals surface area contributed by atoms with E-state index in [0.717, 1.165) is 47.5 Å². The van der Waals surface area contributed by atoms with Crippen LogP contribution >= 0.6 is 0 Å². The van der Waals surface area contributed by atoms with Gasteiger partial charge in [-0.05, 0) is 61.2 Å². The zero-order valence-electron chi connectivity index (χ0n) is 18.8.